The van der Waals surface area contributed by atoms with Gasteiger partial charge in [-0.15, -0.1) is 0 Å². The highest BCUT2D eigenvalue weighted by Crippen LogP contribution is 2.41. The minimum absolute atomic E-state index is 0. The van der Waals surface area contributed by atoms with E-state index < -0.39 is 8.32 Å². The van der Waals surface area contributed by atoms with Gasteiger partial charge in [0.1, 0.15) is 11.6 Å². The van der Waals surface area contributed by atoms with E-state index in [1.165, 1.54) is 0 Å². The van der Waals surface area contributed by atoms with Crippen molar-refractivity contribution in [3.63, 3.8) is 0 Å². The van der Waals surface area contributed by atoms with Crippen molar-refractivity contribution >= 4 is 19.9 Å². The molecule has 2 aliphatic rings. The first-order valence-corrected chi connectivity index (χ1v) is 16.4. The van der Waals surface area contributed by atoms with Crippen molar-refractivity contribution in [3.05, 3.63) is 0 Å². The molecule has 2 fully saturated rings. The molecule has 0 aromatic carbocycles. The first kappa shape index (κ1) is 35.4. The van der Waals surface area contributed by atoms with Crippen molar-refractivity contribution in [3.8, 4) is 0 Å². The van der Waals surface area contributed by atoms with Crippen molar-refractivity contribution in [2.75, 3.05) is 39.6 Å². The Labute approximate surface area is 225 Å². The lowest BCUT2D eigenvalue weighted by atomic mass is 9.75. The number of hydrogen-bond donors (Lipinski definition) is 1. The van der Waals surface area contributed by atoms with E-state index in [1.54, 1.807) is 6.92 Å². The fourth-order valence-corrected chi connectivity index (χ4v) is 5.08. The zero-order valence-electron chi connectivity index (χ0n) is 25.1. The molecule has 6 nitrogen and oxygen atoms in total. The number of ether oxygens (including phenoxy) is 2. The third kappa shape index (κ3) is 12.8. The van der Waals surface area contributed by atoms with Crippen LogP contribution >= 0.6 is 0 Å². The number of rotatable bonds is 10. The lowest BCUT2D eigenvalue weighted by Gasteiger charge is -2.42. The van der Waals surface area contributed by atoms with Crippen LogP contribution in [0.3, 0.4) is 0 Å². The third-order valence-electron chi connectivity index (χ3n) is 7.84. The largest absolute Gasteiger partial charge is 0.416 e. The van der Waals surface area contributed by atoms with Crippen LogP contribution in [-0.2, 0) is 23.5 Å². The van der Waals surface area contributed by atoms with Crippen LogP contribution < -0.4 is 0 Å². The fraction of sp³-hybridized carbons (Fsp3) is 0.931. The Morgan fingerprint density at radius 3 is 1.56 bits per heavy atom. The van der Waals surface area contributed by atoms with E-state index >= 15 is 0 Å². The molecule has 2 aliphatic carbocycles. The summed E-state index contributed by atoms with van der Waals surface area (Å²) in [6.45, 7) is 21.2. The molecule has 2 rings (SSSR count). The van der Waals surface area contributed by atoms with Crippen LogP contribution in [0.4, 0.5) is 0 Å². The average molecular weight is 534 g/mol. The van der Waals surface area contributed by atoms with Crippen LogP contribution in [0, 0.1) is 10.8 Å². The molecule has 0 heterocycles. The van der Waals surface area contributed by atoms with Gasteiger partial charge in [-0.3, -0.25) is 9.59 Å². The van der Waals surface area contributed by atoms with Gasteiger partial charge in [0.25, 0.3) is 0 Å². The van der Waals surface area contributed by atoms with Crippen LogP contribution in [0.15, 0.2) is 0 Å². The van der Waals surface area contributed by atoms with Crippen LogP contribution in [0.5, 0.6) is 0 Å². The number of aliphatic hydroxyl groups is 1. The number of ketones is 2. The van der Waals surface area contributed by atoms with Crippen LogP contribution in [-0.4, -0.2) is 64.6 Å². The summed E-state index contributed by atoms with van der Waals surface area (Å²) in [7, 11) is -1.73. The monoisotopic (exact) mass is 533 g/mol. The average Bonchev–Trinajstić information content (AvgIpc) is 2.83. The zero-order valence-corrected chi connectivity index (χ0v) is 25.1. The second-order valence-corrected chi connectivity index (χ2v) is 16.4. The second kappa shape index (κ2) is 17.8. The molecule has 0 amide bonds. The zero-order chi connectivity index (χ0) is 27.9. The molecule has 216 valence electrons. The third-order valence-corrected chi connectivity index (χ3v) is 12.3. The minimum Gasteiger partial charge on any atom is -0.416 e. The molecular weight excluding hydrogens is 472 g/mol. The molecule has 0 atom stereocenters. The van der Waals surface area contributed by atoms with Crippen molar-refractivity contribution in [2.45, 2.75) is 125 Å². The van der Waals surface area contributed by atoms with E-state index in [9.17, 15) is 14.7 Å². The Morgan fingerprint density at radius 1 is 0.861 bits per heavy atom. The molecule has 0 saturated heterocycles. The standard InChI is InChI=1S/C16H32O3Si.C10H18O3.C2H6.CH4/c1-7-18-12-16(10-8-14(17)9-11-16)13-19-20(5,6)15(2,3)4;1-2-13-8-10(7-11)5-3-9(12)4-6-10;1-2;/h7-13H2,1-6H3;11H,2-8H2,1H3;1-2H3;1H4/i;;1D;. The van der Waals surface area contributed by atoms with Gasteiger partial charge in [0.2, 0.25) is 0 Å². The number of aliphatic hydroxyl groups excluding tert-OH is 1. The smallest absolute Gasteiger partial charge is 0.192 e. The van der Waals surface area contributed by atoms with Crippen LogP contribution in [0.2, 0.25) is 18.1 Å². The molecule has 0 aliphatic heterocycles. The minimum atomic E-state index is -1.73. The molecule has 36 heavy (non-hydrogen) atoms. The number of carbonyl (C=O) groups is 2. The predicted molar refractivity (Wildman–Crippen MR) is 153 cm³/mol. The van der Waals surface area contributed by atoms with Gasteiger partial charge >= 0.3 is 0 Å². The van der Waals surface area contributed by atoms with Gasteiger partial charge in [0, 0.05) is 57.7 Å². The maximum Gasteiger partial charge on any atom is 0.192 e. The van der Waals surface area contributed by atoms with Crippen molar-refractivity contribution in [1.82, 2.24) is 0 Å². The summed E-state index contributed by atoms with van der Waals surface area (Å²) in [5.41, 5.74) is -0.0800. The van der Waals surface area contributed by atoms with Gasteiger partial charge in [-0.2, -0.15) is 0 Å². The molecule has 0 spiro atoms. The van der Waals surface area contributed by atoms with E-state index in [4.69, 9.17) is 15.3 Å². The second-order valence-electron chi connectivity index (χ2n) is 11.6. The van der Waals surface area contributed by atoms with Crippen LogP contribution in [0.1, 0.15) is 109 Å². The summed E-state index contributed by atoms with van der Waals surface area (Å²) < 4.78 is 23.6. The fourth-order valence-electron chi connectivity index (χ4n) is 3.98. The number of carbonyl (C=O) groups excluding carboxylic acids is 2. The highest BCUT2D eigenvalue weighted by molar-refractivity contribution is 6.74. The molecule has 1 N–H and O–H groups in total. The quantitative estimate of drug-likeness (QED) is 0.305. The van der Waals surface area contributed by atoms with Gasteiger partial charge in [-0.25, -0.2) is 0 Å². The summed E-state index contributed by atoms with van der Waals surface area (Å²) in [6, 6.07) is 0. The van der Waals surface area contributed by atoms with Gasteiger partial charge in [-0.05, 0) is 57.7 Å². The van der Waals surface area contributed by atoms with Crippen molar-refractivity contribution in [1.29, 1.82) is 0 Å². The summed E-state index contributed by atoms with van der Waals surface area (Å²) in [6.07, 6.45) is 5.98. The molecule has 2 saturated carbocycles. The highest BCUT2D eigenvalue weighted by Gasteiger charge is 2.42. The maximum atomic E-state index is 11.5. The van der Waals surface area contributed by atoms with Crippen LogP contribution in [0.25, 0.3) is 0 Å². The highest BCUT2D eigenvalue weighted by atomic mass is 28.4. The summed E-state index contributed by atoms with van der Waals surface area (Å²) in [5.74, 6) is 0.713. The van der Waals surface area contributed by atoms with E-state index in [2.05, 4.69) is 33.9 Å². The number of Topliss-reactive ketones (excluding diaryl/α,β-unsaturated/α-hetero) is 2. The molecule has 0 aromatic rings. The van der Waals surface area contributed by atoms with Crippen molar-refractivity contribution < 1.29 is 30.0 Å². The summed E-state index contributed by atoms with van der Waals surface area (Å²) in [5, 5.41) is 9.49. The SMILES string of the molecule is C.CCOCC1(CO)CCC(=O)CC1.CCOCC1(CO[Si](C)(C)C(C)(C)C)CCC(=O)CC1.[2H]CC. The molecule has 7 heteroatoms. The first-order chi connectivity index (χ1) is 16.8. The maximum absolute atomic E-state index is 11.5. The van der Waals surface area contributed by atoms with Gasteiger partial charge in [-0.1, -0.05) is 42.0 Å². The van der Waals surface area contributed by atoms with Gasteiger partial charge in [0.15, 0.2) is 8.32 Å². The summed E-state index contributed by atoms with van der Waals surface area (Å²) >= 11 is 0. The van der Waals surface area contributed by atoms with Gasteiger partial charge in [0.05, 0.1) is 19.8 Å². The Kier molecular flexibility index (Phi) is 17.5. The predicted octanol–water partition coefficient (Wildman–Crippen LogP) is 6.98. The van der Waals surface area contributed by atoms with Crippen molar-refractivity contribution in [2.24, 2.45) is 10.8 Å². The lowest BCUT2D eigenvalue weighted by molar-refractivity contribution is -0.125. The van der Waals surface area contributed by atoms with E-state index in [0.717, 1.165) is 45.5 Å². The Hall–Kier alpha value is -0.603. The van der Waals surface area contributed by atoms with Gasteiger partial charge < -0.3 is 19.0 Å². The Bertz CT molecular complexity index is 612. The van der Waals surface area contributed by atoms with E-state index in [0.29, 0.717) is 57.4 Å². The first-order valence-electron chi connectivity index (χ1n) is 14.2. The normalized spacial score (nSPS) is 19.6. The molecule has 0 bridgehead atoms. The lowest BCUT2D eigenvalue weighted by Crippen LogP contribution is -2.46. The number of hydrogen-bond acceptors (Lipinski definition) is 6. The Morgan fingerprint density at radius 2 is 1.22 bits per heavy atom. The molecule has 0 unspecified atom stereocenters. The topological polar surface area (TPSA) is 82.1 Å². The summed E-state index contributed by atoms with van der Waals surface area (Å²) in [4.78, 5) is 22.5. The van der Waals surface area contributed by atoms with E-state index in [-0.39, 0.29) is 29.9 Å². The Balaban J connectivity index is 0. The molecule has 0 radical (unpaired) electrons. The molecular formula is C29H60O6Si. The molecule has 0 aromatic heterocycles. The van der Waals surface area contributed by atoms with E-state index in [1.807, 2.05) is 13.8 Å².